The number of azide groups is 1. The summed E-state index contributed by atoms with van der Waals surface area (Å²) in [6, 6.07) is 27.7. The van der Waals surface area contributed by atoms with E-state index in [4.69, 9.17) is 63.9 Å². The lowest BCUT2D eigenvalue weighted by atomic mass is 9.96. The van der Waals surface area contributed by atoms with Gasteiger partial charge in [-0.1, -0.05) is 131 Å². The Morgan fingerprint density at radius 1 is 0.805 bits per heavy atom. The summed E-state index contributed by atoms with van der Waals surface area (Å²) in [5.74, 6) is -0.694. The van der Waals surface area contributed by atoms with Crippen LogP contribution < -0.4 is 0 Å². The molecule has 4 rings (SSSR count). The van der Waals surface area contributed by atoms with Crippen molar-refractivity contribution in [2.45, 2.75) is 54.3 Å². The first-order chi connectivity index (χ1) is 19.8. The van der Waals surface area contributed by atoms with Gasteiger partial charge in [-0.05, 0) is 22.2 Å². The molecule has 0 aromatic heterocycles. The molecule has 0 bridgehead atoms. The third-order valence-corrected chi connectivity index (χ3v) is 6.77. The van der Waals surface area contributed by atoms with Crippen LogP contribution >= 0.6 is 34.8 Å². The molecule has 3 aromatic rings. The van der Waals surface area contributed by atoms with Crippen LogP contribution in [0.25, 0.3) is 10.4 Å². The van der Waals surface area contributed by atoms with Gasteiger partial charge in [0.2, 0.25) is 12.2 Å². The fourth-order valence-electron chi connectivity index (χ4n) is 4.28. The molecule has 0 amide bonds. The van der Waals surface area contributed by atoms with Crippen LogP contribution in [0.15, 0.2) is 96.1 Å². The number of halogens is 3. The van der Waals surface area contributed by atoms with Gasteiger partial charge in [0.1, 0.15) is 24.4 Å². The third kappa shape index (κ3) is 9.33. The van der Waals surface area contributed by atoms with Crippen molar-refractivity contribution in [3.8, 4) is 0 Å². The number of nitrogens with zero attached hydrogens (tertiary/aromatic N) is 3. The fraction of sp³-hybridized carbons (Fsp3) is 0.345. The van der Waals surface area contributed by atoms with Crippen molar-refractivity contribution in [1.29, 1.82) is 5.41 Å². The van der Waals surface area contributed by atoms with Crippen LogP contribution in [0.2, 0.25) is 0 Å². The van der Waals surface area contributed by atoms with Crippen molar-refractivity contribution < 1.29 is 23.7 Å². The molecule has 1 fully saturated rings. The maximum atomic E-state index is 9.46. The van der Waals surface area contributed by atoms with E-state index in [2.05, 4.69) is 10.0 Å². The van der Waals surface area contributed by atoms with Gasteiger partial charge in [0.15, 0.2) is 0 Å². The highest BCUT2D eigenvalue weighted by atomic mass is 35.6. The van der Waals surface area contributed by atoms with Crippen molar-refractivity contribution in [2.24, 2.45) is 5.11 Å². The molecule has 1 aliphatic heterocycles. The first-order valence-corrected chi connectivity index (χ1v) is 13.9. The lowest BCUT2D eigenvalue weighted by Crippen LogP contribution is -2.61. The van der Waals surface area contributed by atoms with Gasteiger partial charge in [-0.15, -0.1) is 0 Å². The van der Waals surface area contributed by atoms with E-state index >= 15 is 0 Å². The molecule has 216 valence electrons. The Balaban J connectivity index is 1.63. The molecule has 0 spiro atoms. The zero-order valence-corrected chi connectivity index (χ0v) is 24.2. The van der Waals surface area contributed by atoms with Gasteiger partial charge >= 0.3 is 0 Å². The molecule has 1 saturated heterocycles. The zero-order chi connectivity index (χ0) is 29.1. The van der Waals surface area contributed by atoms with Gasteiger partial charge in [-0.25, -0.2) is 0 Å². The predicted octanol–water partition coefficient (Wildman–Crippen LogP) is 7.14. The standard InChI is InChI=1S/C29H29Cl3N4O5/c30-29(31,32)28(33)41-27-24(35-36-34)26(39-18-22-14-8-3-9-15-22)25(38-17-21-12-6-2-7-13-21)23(40-27)19-37-16-20-10-4-1-5-11-20/h1-15,23-27,33H,16-19H2/t23-,24-,25+,26-,27+/m1/s1. The van der Waals surface area contributed by atoms with Gasteiger partial charge in [0.25, 0.3) is 3.79 Å². The lowest BCUT2D eigenvalue weighted by molar-refractivity contribution is -0.269. The SMILES string of the molecule is [N-]=[N+]=N[C@H]1[C@H](OC(=N)C(Cl)(Cl)Cl)O[C@H](COCc2ccccc2)[C@H](OCc2ccccc2)[C@@H]1OCc1ccccc1. The number of rotatable bonds is 12. The van der Waals surface area contributed by atoms with Crippen LogP contribution in [-0.4, -0.2) is 46.9 Å². The normalized spacial score (nSPS) is 22.5. The van der Waals surface area contributed by atoms with E-state index in [1.54, 1.807) is 0 Å². The summed E-state index contributed by atoms with van der Waals surface area (Å²) in [6.07, 6.45) is -3.72. The first-order valence-electron chi connectivity index (χ1n) is 12.8. The molecule has 12 heteroatoms. The number of alkyl halides is 3. The van der Waals surface area contributed by atoms with Crippen molar-refractivity contribution in [2.75, 3.05) is 6.61 Å². The zero-order valence-electron chi connectivity index (χ0n) is 21.9. The molecule has 0 radical (unpaired) electrons. The molecule has 0 saturated carbocycles. The summed E-state index contributed by atoms with van der Waals surface area (Å²) in [5.41, 5.74) is 12.2. The van der Waals surface area contributed by atoms with E-state index in [9.17, 15) is 5.53 Å². The van der Waals surface area contributed by atoms with Gasteiger partial charge < -0.3 is 23.7 Å². The highest BCUT2D eigenvalue weighted by Crippen LogP contribution is 2.34. The quantitative estimate of drug-likeness (QED) is 0.0577. The topological polar surface area (TPSA) is 119 Å². The summed E-state index contributed by atoms with van der Waals surface area (Å²) in [4.78, 5) is 2.99. The number of hydrogen-bond acceptors (Lipinski definition) is 7. The van der Waals surface area contributed by atoms with Crippen LogP contribution in [0.5, 0.6) is 0 Å². The molecule has 3 aromatic carbocycles. The van der Waals surface area contributed by atoms with Crippen LogP contribution in [0.4, 0.5) is 0 Å². The first kappa shape index (κ1) is 31.1. The molecule has 5 atom stereocenters. The Morgan fingerprint density at radius 3 is 1.78 bits per heavy atom. The monoisotopic (exact) mass is 618 g/mol. The van der Waals surface area contributed by atoms with Gasteiger partial charge in [-0.2, -0.15) is 0 Å². The van der Waals surface area contributed by atoms with Crippen LogP contribution in [0, 0.1) is 5.41 Å². The van der Waals surface area contributed by atoms with E-state index in [1.807, 2.05) is 91.0 Å². The largest absolute Gasteiger partial charge is 0.448 e. The Morgan fingerprint density at radius 2 is 1.29 bits per heavy atom. The number of hydrogen-bond donors (Lipinski definition) is 1. The summed E-state index contributed by atoms with van der Waals surface area (Å²) in [5, 5.41) is 12.0. The Kier molecular flexibility index (Phi) is 11.7. The molecule has 41 heavy (non-hydrogen) atoms. The molecular formula is C29H29Cl3N4O5. The second-order valence-corrected chi connectivity index (χ2v) is 11.5. The highest BCUT2D eigenvalue weighted by molar-refractivity contribution is 6.76. The van der Waals surface area contributed by atoms with Crippen LogP contribution in [-0.2, 0) is 43.5 Å². The molecule has 1 heterocycles. The molecule has 9 nitrogen and oxygen atoms in total. The fourth-order valence-corrected chi connectivity index (χ4v) is 4.42. The number of benzene rings is 3. The molecule has 0 unspecified atom stereocenters. The Labute approximate surface area is 253 Å². The smallest absolute Gasteiger partial charge is 0.265 e. The third-order valence-electron chi connectivity index (χ3n) is 6.26. The average Bonchev–Trinajstić information content (AvgIpc) is 2.98. The van der Waals surface area contributed by atoms with Crippen molar-refractivity contribution in [3.05, 3.63) is 118 Å². The molecular weight excluding hydrogens is 591 g/mol. The summed E-state index contributed by atoms with van der Waals surface area (Å²) >= 11 is 17.6. The Bertz CT molecular complexity index is 1280. The summed E-state index contributed by atoms with van der Waals surface area (Å²) < 4.78 is 28.4. The second kappa shape index (κ2) is 15.4. The number of nitrogens with one attached hydrogen (secondary N) is 1. The van der Waals surface area contributed by atoms with E-state index in [1.165, 1.54) is 0 Å². The van der Waals surface area contributed by atoms with Gasteiger partial charge in [0.05, 0.1) is 26.4 Å². The molecule has 0 aliphatic carbocycles. The van der Waals surface area contributed by atoms with E-state index in [0.717, 1.165) is 16.7 Å². The van der Waals surface area contributed by atoms with E-state index in [-0.39, 0.29) is 19.8 Å². The van der Waals surface area contributed by atoms with Gasteiger partial charge in [0, 0.05) is 4.91 Å². The minimum Gasteiger partial charge on any atom is -0.448 e. The van der Waals surface area contributed by atoms with Gasteiger partial charge in [-0.3, -0.25) is 5.41 Å². The molecule has 1 aliphatic rings. The number of ether oxygens (including phenoxy) is 5. The van der Waals surface area contributed by atoms with Crippen LogP contribution in [0.3, 0.4) is 0 Å². The summed E-state index contributed by atoms with van der Waals surface area (Å²) in [7, 11) is 0. The maximum Gasteiger partial charge on any atom is 0.265 e. The van der Waals surface area contributed by atoms with Crippen molar-refractivity contribution in [1.82, 2.24) is 0 Å². The molecule has 1 N–H and O–H groups in total. The lowest BCUT2D eigenvalue weighted by Gasteiger charge is -2.44. The maximum absolute atomic E-state index is 9.46. The second-order valence-electron chi connectivity index (χ2n) is 9.21. The average molecular weight is 620 g/mol. The van der Waals surface area contributed by atoms with Crippen LogP contribution in [0.1, 0.15) is 16.7 Å². The minimum atomic E-state index is -2.16. The van der Waals surface area contributed by atoms with E-state index in [0.29, 0.717) is 6.61 Å². The summed E-state index contributed by atoms with van der Waals surface area (Å²) in [6.45, 7) is 0.800. The Hall–Kier alpha value is -2.85. The van der Waals surface area contributed by atoms with Crippen molar-refractivity contribution in [3.63, 3.8) is 0 Å². The highest BCUT2D eigenvalue weighted by Gasteiger charge is 2.50. The van der Waals surface area contributed by atoms with E-state index < -0.39 is 40.3 Å². The minimum absolute atomic E-state index is 0.0729. The van der Waals surface area contributed by atoms with Crippen molar-refractivity contribution >= 4 is 40.7 Å². The predicted molar refractivity (Wildman–Crippen MR) is 157 cm³/mol.